The van der Waals surface area contributed by atoms with Gasteiger partial charge in [-0.05, 0) is 56.1 Å². The molecule has 2 saturated heterocycles. The number of hydrogen-bond acceptors (Lipinski definition) is 11. The van der Waals surface area contributed by atoms with E-state index in [1.165, 1.54) is 0 Å². The van der Waals surface area contributed by atoms with E-state index in [-0.39, 0.29) is 24.8 Å². The van der Waals surface area contributed by atoms with Crippen LogP contribution in [0.1, 0.15) is 36.6 Å². The average molecular weight is 513 g/mol. The molecule has 1 aromatic carbocycles. The largest absolute Gasteiger partial charge is 0.508 e. The maximum atomic E-state index is 9.69. The highest BCUT2D eigenvalue weighted by atomic mass is 16.3. The molecule has 2 aromatic rings. The van der Waals surface area contributed by atoms with Crippen LogP contribution in [0.3, 0.4) is 0 Å². The summed E-state index contributed by atoms with van der Waals surface area (Å²) >= 11 is 0. The Morgan fingerprint density at radius 3 is 2.51 bits per heavy atom. The number of nitrogen functional groups attached to an aromatic ring is 2. The number of nitrogens with two attached hydrogens (primary N) is 2. The van der Waals surface area contributed by atoms with E-state index in [4.69, 9.17) is 16.6 Å². The number of aromatic nitrogens is 2. The lowest BCUT2D eigenvalue weighted by Gasteiger charge is -2.47. The number of rotatable bonds is 9. The van der Waals surface area contributed by atoms with Crippen LogP contribution in [0.2, 0.25) is 0 Å². The van der Waals surface area contributed by atoms with Gasteiger partial charge in [0.1, 0.15) is 11.4 Å². The number of aliphatic hydroxyl groups excluding tert-OH is 2. The lowest BCUT2D eigenvalue weighted by molar-refractivity contribution is 0.0688. The Morgan fingerprint density at radius 1 is 1.08 bits per heavy atom. The quantitative estimate of drug-likeness (QED) is 0.279. The van der Waals surface area contributed by atoms with Crippen molar-refractivity contribution in [1.29, 1.82) is 0 Å². The van der Waals surface area contributed by atoms with E-state index in [0.29, 0.717) is 41.7 Å². The number of piperidine rings is 1. The molecule has 11 heteroatoms. The van der Waals surface area contributed by atoms with E-state index in [9.17, 15) is 10.2 Å². The number of phenols is 1. The van der Waals surface area contributed by atoms with Crippen LogP contribution in [0.15, 0.2) is 24.8 Å². The van der Waals surface area contributed by atoms with Crippen LogP contribution in [0, 0.1) is 0 Å². The lowest BCUT2D eigenvalue weighted by atomic mass is 9.98. The Morgan fingerprint density at radius 2 is 1.84 bits per heavy atom. The summed E-state index contributed by atoms with van der Waals surface area (Å²) < 4.78 is 0. The molecule has 0 saturated carbocycles. The smallest absolute Gasteiger partial charge is 0.173 e. The van der Waals surface area contributed by atoms with Crippen molar-refractivity contribution < 1.29 is 15.3 Å². The molecule has 1 aromatic heterocycles. The SMILES string of the molecule is C=C(NCCO)c1nc(N)c(N2CCN(C3CCN(Cc4ccc(O)cc4CO)CC3)[C@@H](C)C2)nc1N. The van der Waals surface area contributed by atoms with E-state index in [1.54, 1.807) is 12.1 Å². The van der Waals surface area contributed by atoms with Crippen molar-refractivity contribution in [1.82, 2.24) is 25.1 Å². The van der Waals surface area contributed by atoms with Gasteiger partial charge in [0, 0.05) is 44.8 Å². The second kappa shape index (κ2) is 12.0. The van der Waals surface area contributed by atoms with E-state index in [1.807, 2.05) is 6.07 Å². The van der Waals surface area contributed by atoms with Crippen molar-refractivity contribution in [2.75, 3.05) is 62.2 Å². The highest BCUT2D eigenvalue weighted by Gasteiger charge is 2.33. The van der Waals surface area contributed by atoms with Crippen molar-refractivity contribution in [2.45, 2.75) is 45.0 Å². The molecule has 3 heterocycles. The molecule has 4 rings (SSSR count). The summed E-state index contributed by atoms with van der Waals surface area (Å²) in [6.45, 7) is 11.7. The Bertz CT molecular complexity index is 1090. The molecule has 2 aliphatic rings. The van der Waals surface area contributed by atoms with E-state index >= 15 is 0 Å². The first-order valence-electron chi connectivity index (χ1n) is 12.9. The number of aromatic hydroxyl groups is 1. The molecule has 1 atom stereocenters. The maximum Gasteiger partial charge on any atom is 0.173 e. The van der Waals surface area contributed by atoms with Gasteiger partial charge in [-0.15, -0.1) is 0 Å². The van der Waals surface area contributed by atoms with Crippen LogP contribution in [0.4, 0.5) is 17.5 Å². The minimum absolute atomic E-state index is 0.0236. The van der Waals surface area contributed by atoms with Crippen molar-refractivity contribution in [3.05, 3.63) is 41.6 Å². The highest BCUT2D eigenvalue weighted by molar-refractivity contribution is 5.72. The maximum absolute atomic E-state index is 9.69. The molecule has 0 aliphatic carbocycles. The fraction of sp³-hybridized carbons (Fsp3) is 0.538. The Kier molecular flexibility index (Phi) is 8.70. The van der Waals surface area contributed by atoms with Crippen molar-refractivity contribution >= 4 is 23.2 Å². The minimum Gasteiger partial charge on any atom is -0.508 e. The molecule has 0 spiro atoms. The van der Waals surface area contributed by atoms with Gasteiger partial charge in [0.05, 0.1) is 18.9 Å². The highest BCUT2D eigenvalue weighted by Crippen LogP contribution is 2.29. The van der Waals surface area contributed by atoms with Gasteiger partial charge in [-0.25, -0.2) is 9.97 Å². The van der Waals surface area contributed by atoms with Gasteiger partial charge in [-0.3, -0.25) is 9.80 Å². The van der Waals surface area contributed by atoms with Crippen LogP contribution in [0.25, 0.3) is 5.70 Å². The third-order valence-electron chi connectivity index (χ3n) is 7.43. The first-order chi connectivity index (χ1) is 17.8. The van der Waals surface area contributed by atoms with Crippen LogP contribution < -0.4 is 21.7 Å². The topological polar surface area (TPSA) is 160 Å². The van der Waals surface area contributed by atoms with Gasteiger partial charge < -0.3 is 37.0 Å². The second-order valence-electron chi connectivity index (χ2n) is 9.95. The Labute approximate surface area is 218 Å². The monoisotopic (exact) mass is 512 g/mol. The van der Waals surface area contributed by atoms with Gasteiger partial charge in [0.25, 0.3) is 0 Å². The van der Waals surface area contributed by atoms with Crippen LogP contribution >= 0.6 is 0 Å². The van der Waals surface area contributed by atoms with E-state index < -0.39 is 0 Å². The molecule has 8 N–H and O–H groups in total. The number of benzene rings is 1. The van der Waals surface area contributed by atoms with Gasteiger partial charge in [-0.1, -0.05) is 12.6 Å². The van der Waals surface area contributed by atoms with Crippen molar-refractivity contribution in [3.63, 3.8) is 0 Å². The molecule has 2 aliphatic heterocycles. The van der Waals surface area contributed by atoms with E-state index in [2.05, 4.69) is 43.5 Å². The molecular weight excluding hydrogens is 472 g/mol. The molecule has 0 bridgehead atoms. The number of nitrogens with zero attached hydrogens (tertiary/aromatic N) is 5. The predicted molar refractivity (Wildman–Crippen MR) is 146 cm³/mol. The number of piperazine rings is 1. The minimum atomic E-state index is -0.0688. The Balaban J connectivity index is 1.33. The number of anilines is 3. The fourth-order valence-corrected chi connectivity index (χ4v) is 5.47. The van der Waals surface area contributed by atoms with Gasteiger partial charge in [0.2, 0.25) is 0 Å². The third-order valence-corrected chi connectivity index (χ3v) is 7.43. The molecule has 0 amide bonds. The number of likely N-dealkylation sites (tertiary alicyclic amines) is 1. The lowest BCUT2D eigenvalue weighted by Crippen LogP contribution is -2.57. The third kappa shape index (κ3) is 6.24. The van der Waals surface area contributed by atoms with Gasteiger partial charge >= 0.3 is 0 Å². The summed E-state index contributed by atoms with van der Waals surface area (Å²) in [5.74, 6) is 1.37. The molecule has 37 heavy (non-hydrogen) atoms. The summed E-state index contributed by atoms with van der Waals surface area (Å²) in [5.41, 5.74) is 15.2. The standard InChI is InChI=1S/C26H40N8O3/c1-17-14-33(26-25(28)30-23(24(27)31-26)18(2)29-7-12-35)10-11-34(17)21-5-8-32(9-6-21)15-19-3-4-22(37)13-20(19)16-36/h3-4,13,17,21,29,35-37H,2,5-12,14-16H2,1H3,(H2,27,31)(H2,28,30)/t17-/m0/s1. The number of nitrogens with one attached hydrogen (secondary N) is 1. The number of aliphatic hydroxyl groups is 2. The Hall–Kier alpha value is -3.12. The van der Waals surface area contributed by atoms with Crippen molar-refractivity contribution in [2.24, 2.45) is 0 Å². The zero-order valence-electron chi connectivity index (χ0n) is 21.6. The summed E-state index contributed by atoms with van der Waals surface area (Å²) in [4.78, 5) is 16.2. The second-order valence-corrected chi connectivity index (χ2v) is 9.95. The normalized spacial score (nSPS) is 19.8. The molecule has 11 nitrogen and oxygen atoms in total. The van der Waals surface area contributed by atoms with Gasteiger partial charge in [0.15, 0.2) is 17.5 Å². The number of hydrogen-bond donors (Lipinski definition) is 6. The first-order valence-corrected chi connectivity index (χ1v) is 12.9. The summed E-state index contributed by atoms with van der Waals surface area (Å²) in [7, 11) is 0. The fourth-order valence-electron chi connectivity index (χ4n) is 5.47. The van der Waals surface area contributed by atoms with Gasteiger partial charge in [-0.2, -0.15) is 0 Å². The summed E-state index contributed by atoms with van der Waals surface area (Å²) in [5, 5.41) is 31.3. The first kappa shape index (κ1) is 26.9. The van der Waals surface area contributed by atoms with Crippen LogP contribution in [-0.4, -0.2) is 93.0 Å². The summed E-state index contributed by atoms with van der Waals surface area (Å²) in [6, 6.07) is 6.08. The molecule has 0 radical (unpaired) electrons. The molecular formula is C26H40N8O3. The predicted octanol–water partition coefficient (Wildman–Crippen LogP) is 0.567. The van der Waals surface area contributed by atoms with E-state index in [0.717, 1.165) is 63.2 Å². The number of phenolic OH excluding ortho intramolecular Hbond substituents is 1. The van der Waals surface area contributed by atoms with Crippen molar-refractivity contribution in [3.8, 4) is 5.75 Å². The molecule has 2 fully saturated rings. The molecule has 202 valence electrons. The zero-order chi connectivity index (χ0) is 26.5. The average Bonchev–Trinajstić information content (AvgIpc) is 2.89. The van der Waals surface area contributed by atoms with Crippen LogP contribution in [0.5, 0.6) is 5.75 Å². The van der Waals surface area contributed by atoms with Crippen LogP contribution in [-0.2, 0) is 13.2 Å². The zero-order valence-corrected chi connectivity index (χ0v) is 21.6. The molecule has 0 unspecified atom stereocenters. The summed E-state index contributed by atoms with van der Waals surface area (Å²) in [6.07, 6.45) is 2.17.